The van der Waals surface area contributed by atoms with E-state index in [0.717, 1.165) is 36.7 Å². The summed E-state index contributed by atoms with van der Waals surface area (Å²) in [5, 5.41) is 1.31. The molecule has 1 heterocycles. The first kappa shape index (κ1) is 47.8. The minimum Gasteiger partial charge on any atom is -0.490 e. The molecule has 0 aliphatic heterocycles. The van der Waals surface area contributed by atoms with Gasteiger partial charge in [0, 0.05) is 54.1 Å². The van der Waals surface area contributed by atoms with Crippen LogP contribution in [0.1, 0.15) is 56.6 Å². The van der Waals surface area contributed by atoms with Crippen molar-refractivity contribution in [2.24, 2.45) is 0 Å². The lowest BCUT2D eigenvalue weighted by atomic mass is 10.0. The van der Waals surface area contributed by atoms with Crippen LogP contribution in [0, 0.1) is 11.8 Å². The van der Waals surface area contributed by atoms with Gasteiger partial charge in [0.15, 0.2) is 11.5 Å². The van der Waals surface area contributed by atoms with E-state index in [2.05, 4.69) is 41.5 Å². The molecule has 0 bridgehead atoms. The van der Waals surface area contributed by atoms with Crippen LogP contribution in [-0.4, -0.2) is 72.8 Å². The number of alkyl halides is 3. The van der Waals surface area contributed by atoms with Crippen molar-refractivity contribution in [3.8, 4) is 34.8 Å². The highest BCUT2D eigenvalue weighted by molar-refractivity contribution is 5.97. The van der Waals surface area contributed by atoms with Gasteiger partial charge in [0.1, 0.15) is 36.1 Å². The first-order chi connectivity index (χ1) is 31.1. The second-order valence-electron chi connectivity index (χ2n) is 13.5. The molecule has 0 saturated carbocycles. The van der Waals surface area contributed by atoms with Gasteiger partial charge in [0.25, 0.3) is 0 Å². The molecule has 0 N–H and O–H groups in total. The van der Waals surface area contributed by atoms with Crippen LogP contribution in [0.3, 0.4) is 0 Å². The Morgan fingerprint density at radius 1 is 0.646 bits per heavy atom. The zero-order chi connectivity index (χ0) is 46.9. The first-order valence-corrected chi connectivity index (χ1v) is 19.5. The lowest BCUT2D eigenvalue weighted by Crippen LogP contribution is -2.16. The number of esters is 5. The third kappa shape index (κ3) is 14.4. The van der Waals surface area contributed by atoms with Gasteiger partial charge in [-0.15, -0.1) is 0 Å². The van der Waals surface area contributed by atoms with Crippen molar-refractivity contribution < 1.29 is 70.3 Å². The minimum atomic E-state index is -5.01. The minimum absolute atomic E-state index is 0.0109. The van der Waals surface area contributed by atoms with Gasteiger partial charge in [-0.05, 0) is 78.4 Å². The van der Waals surface area contributed by atoms with E-state index >= 15 is 0 Å². The molecule has 0 spiro atoms. The average molecular weight is 893 g/mol. The summed E-state index contributed by atoms with van der Waals surface area (Å²) in [4.78, 5) is 68.0. The van der Waals surface area contributed by atoms with E-state index in [0.29, 0.717) is 45.9 Å². The summed E-state index contributed by atoms with van der Waals surface area (Å²) in [7, 11) is 0. The van der Waals surface area contributed by atoms with Gasteiger partial charge < -0.3 is 33.2 Å². The maximum Gasteiger partial charge on any atom is 0.420 e. The monoisotopic (exact) mass is 892 g/mol. The number of nitrogens with zero attached hydrogens (tertiary/aromatic N) is 2. The molecule has 14 nitrogen and oxygen atoms in total. The Morgan fingerprint density at radius 2 is 1.26 bits per heavy atom. The summed E-state index contributed by atoms with van der Waals surface area (Å²) in [5.41, 5.74) is -0.188. The number of rotatable bonds is 19. The zero-order valence-electron chi connectivity index (χ0n) is 34.7. The summed E-state index contributed by atoms with van der Waals surface area (Å²) in [6.45, 7) is 11.9. The van der Waals surface area contributed by atoms with E-state index in [9.17, 15) is 37.1 Å². The Hall–Kier alpha value is -8.26. The third-order valence-corrected chi connectivity index (χ3v) is 8.60. The van der Waals surface area contributed by atoms with Crippen molar-refractivity contribution >= 4 is 40.6 Å². The van der Waals surface area contributed by atoms with Crippen LogP contribution in [0.5, 0.6) is 23.0 Å². The Labute approximate surface area is 370 Å². The van der Waals surface area contributed by atoms with Crippen LogP contribution in [0.2, 0.25) is 0 Å². The van der Waals surface area contributed by atoms with E-state index in [1.54, 1.807) is 42.5 Å². The largest absolute Gasteiger partial charge is 0.490 e. The lowest BCUT2D eigenvalue weighted by molar-refractivity contribution is -0.139. The Balaban J connectivity index is 1.23. The van der Waals surface area contributed by atoms with E-state index < -0.39 is 53.1 Å². The van der Waals surface area contributed by atoms with Crippen LogP contribution in [0.25, 0.3) is 10.8 Å². The number of carbonyl (C=O) groups excluding carboxylic acids is 5. The molecule has 334 valence electrons. The van der Waals surface area contributed by atoms with Crippen molar-refractivity contribution in [1.29, 1.82) is 0 Å². The van der Waals surface area contributed by atoms with Crippen LogP contribution < -0.4 is 18.9 Å². The number of fused-ring (bicyclic) bond motifs is 1. The fraction of sp³-hybridized carbons (Fsp3) is 0.188. The number of benzene rings is 4. The van der Waals surface area contributed by atoms with Crippen LogP contribution in [-0.2, 0) is 41.2 Å². The van der Waals surface area contributed by atoms with Crippen molar-refractivity contribution in [2.45, 2.75) is 25.9 Å². The molecule has 0 saturated heterocycles. The van der Waals surface area contributed by atoms with Crippen LogP contribution >= 0.6 is 0 Å². The lowest BCUT2D eigenvalue weighted by Gasteiger charge is -2.14. The van der Waals surface area contributed by atoms with Gasteiger partial charge in [0.2, 0.25) is 0 Å². The summed E-state index contributed by atoms with van der Waals surface area (Å²) >= 11 is 0. The van der Waals surface area contributed by atoms with Gasteiger partial charge in [-0.1, -0.05) is 43.7 Å². The molecule has 0 aliphatic carbocycles. The average Bonchev–Trinajstić information content (AvgIpc) is 3.29. The van der Waals surface area contributed by atoms with Crippen molar-refractivity contribution in [3.63, 3.8) is 0 Å². The highest BCUT2D eigenvalue weighted by atomic mass is 19.4. The van der Waals surface area contributed by atoms with E-state index in [1.165, 1.54) is 19.1 Å². The smallest absolute Gasteiger partial charge is 0.420 e. The molecule has 0 unspecified atom stereocenters. The molecule has 4 aromatic carbocycles. The van der Waals surface area contributed by atoms with Gasteiger partial charge in [-0.2, -0.15) is 13.2 Å². The Bertz CT molecular complexity index is 2680. The summed E-state index contributed by atoms with van der Waals surface area (Å²) in [6, 6.07) is 17.3. The van der Waals surface area contributed by atoms with Gasteiger partial charge >= 0.3 is 36.0 Å². The summed E-state index contributed by atoms with van der Waals surface area (Å²) < 4.78 is 79.3. The van der Waals surface area contributed by atoms with E-state index in [-0.39, 0.29) is 62.0 Å². The number of halogens is 3. The quantitative estimate of drug-likeness (QED) is 0.0196. The molecular weight excluding hydrogens is 854 g/mol. The molecule has 5 rings (SSSR count). The van der Waals surface area contributed by atoms with Crippen molar-refractivity contribution in [3.05, 3.63) is 156 Å². The molecular formula is C48H39F3N2O12. The highest BCUT2D eigenvalue weighted by Gasteiger charge is 2.36. The summed E-state index contributed by atoms with van der Waals surface area (Å²) in [5.74, 6) is 1.89. The third-order valence-electron chi connectivity index (χ3n) is 8.60. The number of carbonyl (C=O) groups is 5. The molecule has 1 aromatic heterocycles. The zero-order valence-corrected chi connectivity index (χ0v) is 34.7. The Kier molecular flexibility index (Phi) is 16.7. The predicted octanol–water partition coefficient (Wildman–Crippen LogP) is 7.75. The highest BCUT2D eigenvalue weighted by Crippen LogP contribution is 2.39. The second kappa shape index (κ2) is 22.7. The second-order valence-corrected chi connectivity index (χ2v) is 13.5. The SMILES string of the molecule is C=CC(=O)OCCCOc1ccc(C#Cc2ccc3cc(C(=O)Oc4ccc(OC(=O)c5cnc(CCOC(=O)C(=C)C)nc5)c(C(F)(F)F)c4)ccc3c2)cc1OCCOC(=O)C=C. The van der Waals surface area contributed by atoms with E-state index in [4.69, 9.17) is 33.2 Å². The fourth-order valence-corrected chi connectivity index (χ4v) is 5.39. The standard InChI is InChI=1S/C48H39F3N2O12/c1-5-43(54)61-20-7-19-59-40-16-11-32(25-41(40)60-22-23-62-44(55)6-2)9-8-31-10-12-34-26-35(14-13-33(34)24-31)46(57)64-37-15-17-39(38(27-37)48(49,50)51)65-47(58)36-28-52-42(53-29-36)18-21-63-45(56)30(3)4/h5-6,10-17,24-29H,1-3,7,18-23H2,4H3. The Morgan fingerprint density at radius 3 is 1.95 bits per heavy atom. The van der Waals surface area contributed by atoms with Gasteiger partial charge in [-0.3, -0.25) is 0 Å². The van der Waals surface area contributed by atoms with Crippen LogP contribution in [0.4, 0.5) is 13.2 Å². The molecule has 0 atom stereocenters. The fourth-order valence-electron chi connectivity index (χ4n) is 5.39. The molecule has 0 radical (unpaired) electrons. The normalized spacial score (nSPS) is 10.6. The molecule has 0 fully saturated rings. The van der Waals surface area contributed by atoms with Gasteiger partial charge in [0.05, 0.1) is 30.9 Å². The number of ether oxygens (including phenoxy) is 7. The topological polar surface area (TPSA) is 176 Å². The van der Waals surface area contributed by atoms with E-state index in [1.807, 2.05) is 0 Å². The van der Waals surface area contributed by atoms with Gasteiger partial charge in [-0.25, -0.2) is 33.9 Å². The molecule has 5 aromatic rings. The predicted molar refractivity (Wildman–Crippen MR) is 227 cm³/mol. The summed E-state index contributed by atoms with van der Waals surface area (Å²) in [6.07, 6.45) is -0.277. The van der Waals surface area contributed by atoms with Crippen molar-refractivity contribution in [2.75, 3.05) is 33.0 Å². The van der Waals surface area contributed by atoms with Crippen LogP contribution in [0.15, 0.2) is 123 Å². The molecule has 17 heteroatoms. The first-order valence-electron chi connectivity index (χ1n) is 19.5. The molecule has 0 amide bonds. The maximum atomic E-state index is 14.1. The molecule has 0 aliphatic rings. The maximum absolute atomic E-state index is 14.1. The van der Waals surface area contributed by atoms with Crippen molar-refractivity contribution in [1.82, 2.24) is 9.97 Å². The number of aromatic nitrogens is 2. The molecule has 65 heavy (non-hydrogen) atoms. The number of hydrogen-bond donors (Lipinski definition) is 0. The number of hydrogen-bond acceptors (Lipinski definition) is 14.